The summed E-state index contributed by atoms with van der Waals surface area (Å²) in [5, 5.41) is 0. The molecule has 0 aliphatic heterocycles. The van der Waals surface area contributed by atoms with Gasteiger partial charge in [0, 0.05) is 26.2 Å². The first-order valence-corrected chi connectivity index (χ1v) is 2.12. The molecule has 3 heteroatoms. The van der Waals surface area contributed by atoms with E-state index in [9.17, 15) is 9.59 Å². The van der Waals surface area contributed by atoms with E-state index >= 15 is 0 Å². The number of carbonyl (C=O) groups excluding carboxylic acids is 2. The number of hydrogen-bond donors (Lipinski definition) is 0. The fourth-order valence-electron chi connectivity index (χ4n) is 0.351. The van der Waals surface area contributed by atoms with Crippen molar-refractivity contribution in [3.05, 3.63) is 0 Å². The minimum atomic E-state index is -0.0625. The molecule has 0 spiro atoms. The molecule has 0 saturated heterocycles. The molecule has 0 radical (unpaired) electrons. The fraction of sp³-hybridized carbons (Fsp3) is 0.600. The second-order valence-electron chi connectivity index (χ2n) is 1.58. The first kappa shape index (κ1) is 11.1. The minimum Gasteiger partial charge on any atom is -0.300 e. The second-order valence-corrected chi connectivity index (χ2v) is 1.58. The van der Waals surface area contributed by atoms with Gasteiger partial charge in [0.2, 0.25) is 0 Å². The predicted octanol–water partition coefficient (Wildman–Crippen LogP) is 0.552. The molecule has 0 heterocycles. The Morgan fingerprint density at radius 3 is 1.38 bits per heavy atom. The van der Waals surface area contributed by atoms with Crippen LogP contribution in [0.3, 0.4) is 0 Å². The van der Waals surface area contributed by atoms with Crippen LogP contribution in [0.4, 0.5) is 0 Å². The smallest absolute Gasteiger partial charge is 0.137 e. The standard InChI is InChI=1S/C5H8O2.Zr/c1-4(6)3-5(2)7;/h3H2,1-2H3;. The summed E-state index contributed by atoms with van der Waals surface area (Å²) in [7, 11) is 0. The molecule has 0 aromatic rings. The molecular weight excluding hydrogens is 183 g/mol. The molecule has 0 rings (SSSR count). The van der Waals surface area contributed by atoms with E-state index in [2.05, 4.69) is 0 Å². The zero-order valence-corrected chi connectivity index (χ0v) is 7.48. The number of hydrogen-bond acceptors (Lipinski definition) is 2. The van der Waals surface area contributed by atoms with E-state index in [4.69, 9.17) is 0 Å². The molecule has 0 aliphatic rings. The summed E-state index contributed by atoms with van der Waals surface area (Å²) in [6.45, 7) is 2.81. The van der Waals surface area contributed by atoms with E-state index in [0.29, 0.717) is 0 Å². The molecule has 0 bridgehead atoms. The van der Waals surface area contributed by atoms with Gasteiger partial charge in [0.15, 0.2) is 0 Å². The zero-order valence-electron chi connectivity index (χ0n) is 5.02. The third-order valence-electron chi connectivity index (χ3n) is 0.498. The summed E-state index contributed by atoms with van der Waals surface area (Å²) in [5.41, 5.74) is 0. The first-order chi connectivity index (χ1) is 3.13. The quantitative estimate of drug-likeness (QED) is 0.597. The van der Waals surface area contributed by atoms with Crippen LogP contribution in [0.15, 0.2) is 0 Å². The van der Waals surface area contributed by atoms with Crippen LogP contribution < -0.4 is 0 Å². The van der Waals surface area contributed by atoms with Crippen molar-refractivity contribution in [1.82, 2.24) is 0 Å². The summed E-state index contributed by atoms with van der Waals surface area (Å²) in [5.74, 6) is -0.125. The van der Waals surface area contributed by atoms with E-state index in [1.807, 2.05) is 0 Å². The molecule has 0 N–H and O–H groups in total. The van der Waals surface area contributed by atoms with E-state index in [1.165, 1.54) is 13.8 Å². The minimum absolute atomic E-state index is 0. The average Bonchev–Trinajstić information content (AvgIpc) is 1.27. The molecule has 8 heavy (non-hydrogen) atoms. The van der Waals surface area contributed by atoms with Crippen LogP contribution in [0.1, 0.15) is 20.3 Å². The summed E-state index contributed by atoms with van der Waals surface area (Å²) in [6.07, 6.45) is 0.0833. The Balaban J connectivity index is 0. The van der Waals surface area contributed by atoms with Crippen molar-refractivity contribution in [1.29, 1.82) is 0 Å². The van der Waals surface area contributed by atoms with Gasteiger partial charge in [-0.15, -0.1) is 0 Å². The number of Topliss-reactive ketones (excluding diaryl/α,β-unsaturated/α-hetero) is 2. The van der Waals surface area contributed by atoms with Crippen LogP contribution >= 0.6 is 0 Å². The van der Waals surface area contributed by atoms with E-state index in [0.717, 1.165) is 0 Å². The van der Waals surface area contributed by atoms with Crippen molar-refractivity contribution < 1.29 is 35.8 Å². The largest absolute Gasteiger partial charge is 0.300 e. The average molecular weight is 191 g/mol. The van der Waals surface area contributed by atoms with Crippen molar-refractivity contribution >= 4 is 11.6 Å². The van der Waals surface area contributed by atoms with Gasteiger partial charge in [0.25, 0.3) is 0 Å². The molecular formula is C5H8O2Zr. The van der Waals surface area contributed by atoms with Crippen LogP contribution in [0.5, 0.6) is 0 Å². The molecule has 2 nitrogen and oxygen atoms in total. The van der Waals surface area contributed by atoms with Gasteiger partial charge in [-0.25, -0.2) is 0 Å². The van der Waals surface area contributed by atoms with Crippen molar-refractivity contribution in [2.45, 2.75) is 20.3 Å². The second kappa shape index (κ2) is 5.36. The van der Waals surface area contributed by atoms with Gasteiger partial charge in [0.1, 0.15) is 11.6 Å². The summed E-state index contributed by atoms with van der Waals surface area (Å²) in [4.78, 5) is 20.1. The Kier molecular flexibility index (Phi) is 7.42. The van der Waals surface area contributed by atoms with Crippen molar-refractivity contribution in [2.75, 3.05) is 0 Å². The molecule has 0 fully saturated rings. The molecule has 0 aromatic carbocycles. The van der Waals surface area contributed by atoms with Crippen molar-refractivity contribution in [3.63, 3.8) is 0 Å². The van der Waals surface area contributed by atoms with Gasteiger partial charge >= 0.3 is 0 Å². The van der Waals surface area contributed by atoms with Crippen LogP contribution in [0.2, 0.25) is 0 Å². The maximum atomic E-state index is 10.0. The van der Waals surface area contributed by atoms with Crippen LogP contribution in [0.25, 0.3) is 0 Å². The summed E-state index contributed by atoms with van der Waals surface area (Å²) < 4.78 is 0. The Morgan fingerprint density at radius 1 is 1.12 bits per heavy atom. The Bertz CT molecular complexity index is 86.6. The van der Waals surface area contributed by atoms with Crippen LogP contribution in [-0.4, -0.2) is 11.6 Å². The van der Waals surface area contributed by atoms with Gasteiger partial charge in [-0.05, 0) is 13.8 Å². The Hall–Kier alpha value is 0.223. The monoisotopic (exact) mass is 190 g/mol. The molecule has 0 saturated carbocycles. The zero-order chi connectivity index (χ0) is 5.86. The number of carbonyl (C=O) groups is 2. The third kappa shape index (κ3) is 9.52. The van der Waals surface area contributed by atoms with Crippen LogP contribution in [0, 0.1) is 0 Å². The normalized spacial score (nSPS) is 7.25. The van der Waals surface area contributed by atoms with Gasteiger partial charge < -0.3 is 0 Å². The molecule has 0 atom stereocenters. The van der Waals surface area contributed by atoms with Crippen molar-refractivity contribution in [3.8, 4) is 0 Å². The maximum absolute atomic E-state index is 10.0. The third-order valence-corrected chi connectivity index (χ3v) is 0.498. The van der Waals surface area contributed by atoms with Gasteiger partial charge in [-0.2, -0.15) is 0 Å². The maximum Gasteiger partial charge on any atom is 0.137 e. The van der Waals surface area contributed by atoms with Gasteiger partial charge in [-0.3, -0.25) is 9.59 Å². The Labute approximate surface area is 67.8 Å². The fourth-order valence-corrected chi connectivity index (χ4v) is 0.351. The van der Waals surface area contributed by atoms with E-state index < -0.39 is 0 Å². The van der Waals surface area contributed by atoms with Gasteiger partial charge in [-0.1, -0.05) is 0 Å². The van der Waals surface area contributed by atoms with Gasteiger partial charge in [0.05, 0.1) is 6.42 Å². The van der Waals surface area contributed by atoms with Crippen molar-refractivity contribution in [2.24, 2.45) is 0 Å². The molecule has 0 amide bonds. The SMILES string of the molecule is CC(=O)CC(C)=O.[Zr]. The molecule has 0 unspecified atom stereocenters. The molecule has 0 aliphatic carbocycles. The van der Waals surface area contributed by atoms with E-state index in [-0.39, 0.29) is 44.2 Å². The summed E-state index contributed by atoms with van der Waals surface area (Å²) in [6, 6.07) is 0. The number of ketones is 2. The molecule has 0 aromatic heterocycles. The number of rotatable bonds is 2. The Morgan fingerprint density at radius 2 is 1.38 bits per heavy atom. The first-order valence-electron chi connectivity index (χ1n) is 2.12. The molecule has 44 valence electrons. The van der Waals surface area contributed by atoms with Crippen LogP contribution in [-0.2, 0) is 35.8 Å². The topological polar surface area (TPSA) is 34.1 Å². The summed E-state index contributed by atoms with van der Waals surface area (Å²) >= 11 is 0. The predicted molar refractivity (Wildman–Crippen MR) is 26.0 cm³/mol. The van der Waals surface area contributed by atoms with E-state index in [1.54, 1.807) is 0 Å².